The standard InChI is InChI=1S/C27H21ClF2N6O4/c1-3-21(25(38)33-15-5-7-19-20(11-15)32-9-8-31-19)36-13-22(39-2)18(12-23(36)37)17-10-14(28)4-6-16(17)26-34-35-27(40-26)24(29)30/h4-13,21,24H,3H2,1-2H3,(H,33,38). The molecule has 5 rings (SSSR count). The second kappa shape index (κ2) is 11.2. The van der Waals surface area contributed by atoms with Crippen LogP contribution in [0.1, 0.15) is 31.7 Å². The number of rotatable bonds is 8. The number of nitrogens with one attached hydrogen (secondary N) is 1. The summed E-state index contributed by atoms with van der Waals surface area (Å²) in [4.78, 5) is 35.1. The van der Waals surface area contributed by atoms with Crippen LogP contribution in [-0.2, 0) is 4.79 Å². The third-order valence-electron chi connectivity index (χ3n) is 6.16. The molecule has 0 bridgehead atoms. The van der Waals surface area contributed by atoms with Gasteiger partial charge in [-0.2, -0.15) is 8.78 Å². The van der Waals surface area contributed by atoms with Crippen LogP contribution < -0.4 is 15.6 Å². The third kappa shape index (κ3) is 5.25. The minimum absolute atomic E-state index is 0.181. The van der Waals surface area contributed by atoms with E-state index in [2.05, 4.69) is 25.5 Å². The Labute approximate surface area is 230 Å². The average molecular weight is 567 g/mol. The predicted molar refractivity (Wildman–Crippen MR) is 143 cm³/mol. The summed E-state index contributed by atoms with van der Waals surface area (Å²) >= 11 is 6.23. The molecule has 3 heterocycles. The van der Waals surface area contributed by atoms with Crippen molar-refractivity contribution in [3.8, 4) is 28.3 Å². The first-order chi connectivity index (χ1) is 19.3. The number of anilines is 1. The monoisotopic (exact) mass is 566 g/mol. The summed E-state index contributed by atoms with van der Waals surface area (Å²) in [6, 6.07) is 10.1. The molecule has 0 spiro atoms. The fourth-order valence-electron chi connectivity index (χ4n) is 4.28. The molecular weight excluding hydrogens is 546 g/mol. The van der Waals surface area contributed by atoms with Crippen LogP contribution in [0.15, 0.2) is 70.3 Å². The second-order valence-electron chi connectivity index (χ2n) is 8.61. The lowest BCUT2D eigenvalue weighted by atomic mass is 9.99. The molecule has 0 aliphatic carbocycles. The molecule has 2 aromatic carbocycles. The molecule has 1 unspecified atom stereocenters. The van der Waals surface area contributed by atoms with Crippen LogP contribution in [0.25, 0.3) is 33.6 Å². The summed E-state index contributed by atoms with van der Waals surface area (Å²) in [5, 5.41) is 10.2. The molecule has 0 aliphatic heterocycles. The molecule has 3 aromatic heterocycles. The minimum Gasteiger partial charge on any atom is -0.495 e. The van der Waals surface area contributed by atoms with Gasteiger partial charge in [0.1, 0.15) is 11.8 Å². The Balaban J connectivity index is 1.52. The Morgan fingerprint density at radius 2 is 1.82 bits per heavy atom. The van der Waals surface area contributed by atoms with Crippen molar-refractivity contribution in [3.63, 3.8) is 0 Å². The lowest BCUT2D eigenvalue weighted by Crippen LogP contribution is -2.32. The summed E-state index contributed by atoms with van der Waals surface area (Å²) in [5.74, 6) is -1.21. The molecule has 1 amide bonds. The molecule has 1 atom stereocenters. The summed E-state index contributed by atoms with van der Waals surface area (Å²) in [6.45, 7) is 1.77. The molecular formula is C27H21ClF2N6O4. The van der Waals surface area contributed by atoms with E-state index in [4.69, 9.17) is 20.8 Å². The molecule has 1 N–H and O–H groups in total. The Hall–Kier alpha value is -4.71. The minimum atomic E-state index is -2.95. The van der Waals surface area contributed by atoms with Gasteiger partial charge >= 0.3 is 6.43 Å². The zero-order valence-corrected chi connectivity index (χ0v) is 21.9. The SMILES string of the molecule is CCC(C(=O)Nc1ccc2nccnc2c1)n1cc(OC)c(-c2cc(Cl)ccc2-c2nnc(C(F)F)o2)cc1=O. The van der Waals surface area contributed by atoms with E-state index in [-0.39, 0.29) is 17.2 Å². The van der Waals surface area contributed by atoms with Crippen molar-refractivity contribution >= 4 is 34.2 Å². The zero-order chi connectivity index (χ0) is 28.4. The lowest BCUT2D eigenvalue weighted by molar-refractivity contribution is -0.119. The smallest absolute Gasteiger partial charge is 0.314 e. The van der Waals surface area contributed by atoms with Crippen LogP contribution in [0.4, 0.5) is 14.5 Å². The highest BCUT2D eigenvalue weighted by atomic mass is 35.5. The molecule has 10 nitrogen and oxygen atoms in total. The van der Waals surface area contributed by atoms with Gasteiger partial charge in [-0.1, -0.05) is 18.5 Å². The van der Waals surface area contributed by atoms with Crippen LogP contribution in [0.2, 0.25) is 5.02 Å². The number of halogens is 3. The first-order valence-electron chi connectivity index (χ1n) is 12.0. The van der Waals surface area contributed by atoms with Crippen molar-refractivity contribution in [3.05, 3.63) is 82.3 Å². The van der Waals surface area contributed by atoms with E-state index in [1.165, 1.54) is 42.1 Å². The van der Waals surface area contributed by atoms with Gasteiger partial charge < -0.3 is 14.5 Å². The number of fused-ring (bicyclic) bond motifs is 1. The number of aromatic nitrogens is 5. The van der Waals surface area contributed by atoms with E-state index in [0.29, 0.717) is 39.3 Å². The number of carbonyl (C=O) groups excluding carboxylic acids is 1. The summed E-state index contributed by atoms with van der Waals surface area (Å²) in [7, 11) is 1.40. The molecule has 0 aliphatic rings. The molecule has 13 heteroatoms. The number of carbonyl (C=O) groups is 1. The van der Waals surface area contributed by atoms with Crippen LogP contribution in [0.3, 0.4) is 0 Å². The van der Waals surface area contributed by atoms with Gasteiger partial charge in [-0.25, -0.2) is 0 Å². The molecule has 0 saturated carbocycles. The number of amides is 1. The number of nitrogens with zero attached hydrogens (tertiary/aromatic N) is 5. The lowest BCUT2D eigenvalue weighted by Gasteiger charge is -2.20. The number of methoxy groups -OCH3 is 1. The highest BCUT2D eigenvalue weighted by molar-refractivity contribution is 6.31. The number of hydrogen-bond donors (Lipinski definition) is 1. The van der Waals surface area contributed by atoms with E-state index < -0.39 is 29.8 Å². The van der Waals surface area contributed by atoms with Gasteiger partial charge in [-0.3, -0.25) is 24.1 Å². The maximum atomic E-state index is 13.4. The molecule has 204 valence electrons. The van der Waals surface area contributed by atoms with Crippen molar-refractivity contribution in [1.29, 1.82) is 0 Å². The topological polar surface area (TPSA) is 125 Å². The van der Waals surface area contributed by atoms with Crippen molar-refractivity contribution < 1.29 is 22.7 Å². The largest absolute Gasteiger partial charge is 0.495 e. The van der Waals surface area contributed by atoms with E-state index in [0.717, 1.165) is 0 Å². The van der Waals surface area contributed by atoms with Gasteiger partial charge in [0.2, 0.25) is 11.8 Å². The Morgan fingerprint density at radius 3 is 2.52 bits per heavy atom. The van der Waals surface area contributed by atoms with Crippen molar-refractivity contribution in [2.75, 3.05) is 12.4 Å². The van der Waals surface area contributed by atoms with Gasteiger partial charge in [0.15, 0.2) is 0 Å². The van der Waals surface area contributed by atoms with Crippen molar-refractivity contribution in [2.45, 2.75) is 25.8 Å². The number of hydrogen-bond acceptors (Lipinski definition) is 8. The Morgan fingerprint density at radius 1 is 1.05 bits per heavy atom. The first kappa shape index (κ1) is 26.9. The quantitative estimate of drug-likeness (QED) is 0.254. The van der Waals surface area contributed by atoms with Gasteiger partial charge in [0.25, 0.3) is 11.4 Å². The van der Waals surface area contributed by atoms with E-state index >= 15 is 0 Å². The normalized spacial score (nSPS) is 12.1. The summed E-state index contributed by atoms with van der Waals surface area (Å²) in [6.07, 6.45) is 1.89. The fourth-order valence-corrected chi connectivity index (χ4v) is 4.45. The fraction of sp³-hybridized carbons (Fsp3) is 0.185. The highest BCUT2D eigenvalue weighted by Gasteiger charge is 2.25. The summed E-state index contributed by atoms with van der Waals surface area (Å²) in [5.41, 5.74) is 2.18. The van der Waals surface area contributed by atoms with Gasteiger partial charge in [-0.15, -0.1) is 10.2 Å². The maximum Gasteiger partial charge on any atom is 0.314 e. The Kier molecular flexibility index (Phi) is 7.52. The number of benzene rings is 2. The van der Waals surface area contributed by atoms with Gasteiger partial charge in [0.05, 0.1) is 24.3 Å². The summed E-state index contributed by atoms with van der Waals surface area (Å²) < 4.78 is 38.1. The van der Waals surface area contributed by atoms with Gasteiger partial charge in [-0.05, 0) is 48.4 Å². The molecule has 0 radical (unpaired) electrons. The molecule has 0 saturated heterocycles. The zero-order valence-electron chi connectivity index (χ0n) is 21.1. The number of pyridine rings is 1. The van der Waals surface area contributed by atoms with E-state index in [9.17, 15) is 18.4 Å². The number of alkyl halides is 2. The Bertz CT molecular complexity index is 1770. The van der Waals surface area contributed by atoms with Crippen LogP contribution in [0.5, 0.6) is 5.75 Å². The second-order valence-corrected chi connectivity index (χ2v) is 9.05. The van der Waals surface area contributed by atoms with Crippen LogP contribution in [-0.4, -0.2) is 37.7 Å². The predicted octanol–water partition coefficient (Wildman–Crippen LogP) is 5.70. The molecule has 5 aromatic rings. The van der Waals surface area contributed by atoms with E-state index in [1.807, 2.05) is 0 Å². The molecule has 0 fully saturated rings. The third-order valence-corrected chi connectivity index (χ3v) is 6.39. The van der Waals surface area contributed by atoms with Gasteiger partial charge in [0, 0.05) is 40.3 Å². The number of ether oxygens (including phenoxy) is 1. The van der Waals surface area contributed by atoms with Crippen molar-refractivity contribution in [1.82, 2.24) is 24.7 Å². The average Bonchev–Trinajstić information content (AvgIpc) is 3.44. The van der Waals surface area contributed by atoms with E-state index in [1.54, 1.807) is 37.5 Å². The van der Waals surface area contributed by atoms with Crippen LogP contribution >= 0.6 is 11.6 Å². The van der Waals surface area contributed by atoms with Crippen molar-refractivity contribution in [2.24, 2.45) is 0 Å². The highest BCUT2D eigenvalue weighted by Crippen LogP contribution is 2.38. The van der Waals surface area contributed by atoms with Crippen LogP contribution in [0, 0.1) is 0 Å². The first-order valence-corrected chi connectivity index (χ1v) is 12.4. The molecule has 40 heavy (non-hydrogen) atoms. The maximum absolute atomic E-state index is 13.4.